The molecular formula is C11H21NS. The van der Waals surface area contributed by atoms with Gasteiger partial charge in [-0.2, -0.15) is 11.8 Å². The standard InChI is InChI=1S/C11H21NS/c1-2-4-10(5-3-1)9-13-11-6-7-12-8-11/h10-12H,1-9H2. The van der Waals surface area contributed by atoms with Gasteiger partial charge in [-0.3, -0.25) is 0 Å². The molecule has 76 valence electrons. The lowest BCUT2D eigenvalue weighted by atomic mass is 9.91. The number of rotatable bonds is 3. The van der Waals surface area contributed by atoms with Crippen molar-refractivity contribution in [3.63, 3.8) is 0 Å². The van der Waals surface area contributed by atoms with E-state index >= 15 is 0 Å². The fraction of sp³-hybridized carbons (Fsp3) is 1.00. The van der Waals surface area contributed by atoms with Gasteiger partial charge >= 0.3 is 0 Å². The highest BCUT2D eigenvalue weighted by molar-refractivity contribution is 7.99. The summed E-state index contributed by atoms with van der Waals surface area (Å²) in [6, 6.07) is 0. The third-order valence-electron chi connectivity index (χ3n) is 3.31. The van der Waals surface area contributed by atoms with Crippen molar-refractivity contribution >= 4 is 11.8 Å². The molecule has 1 aliphatic heterocycles. The molecule has 0 spiro atoms. The second kappa shape index (κ2) is 5.26. The molecule has 0 radical (unpaired) electrons. The van der Waals surface area contributed by atoms with Crippen LogP contribution in [0.15, 0.2) is 0 Å². The van der Waals surface area contributed by atoms with Crippen molar-refractivity contribution in [3.8, 4) is 0 Å². The molecule has 0 aromatic rings. The van der Waals surface area contributed by atoms with Gasteiger partial charge in [-0.25, -0.2) is 0 Å². The molecule has 1 saturated heterocycles. The summed E-state index contributed by atoms with van der Waals surface area (Å²) >= 11 is 2.23. The molecule has 0 aromatic carbocycles. The molecule has 2 fully saturated rings. The zero-order valence-electron chi connectivity index (χ0n) is 8.43. The highest BCUT2D eigenvalue weighted by atomic mass is 32.2. The van der Waals surface area contributed by atoms with Crippen LogP contribution >= 0.6 is 11.8 Å². The van der Waals surface area contributed by atoms with Crippen LogP contribution in [0.25, 0.3) is 0 Å². The fourth-order valence-electron chi connectivity index (χ4n) is 2.40. The minimum atomic E-state index is 0.932. The smallest absolute Gasteiger partial charge is 0.0184 e. The molecule has 1 N–H and O–H groups in total. The normalized spacial score (nSPS) is 30.9. The Morgan fingerprint density at radius 2 is 1.92 bits per heavy atom. The molecule has 1 nitrogen and oxygen atoms in total. The van der Waals surface area contributed by atoms with Gasteiger partial charge in [0.05, 0.1) is 0 Å². The van der Waals surface area contributed by atoms with Crippen LogP contribution in [0.5, 0.6) is 0 Å². The molecule has 1 atom stereocenters. The zero-order valence-corrected chi connectivity index (χ0v) is 9.24. The quantitative estimate of drug-likeness (QED) is 0.750. The molecule has 2 rings (SSSR count). The van der Waals surface area contributed by atoms with Crippen LogP contribution in [0.3, 0.4) is 0 Å². The summed E-state index contributed by atoms with van der Waals surface area (Å²) in [7, 11) is 0. The van der Waals surface area contributed by atoms with E-state index in [4.69, 9.17) is 0 Å². The van der Waals surface area contributed by atoms with E-state index in [1.807, 2.05) is 0 Å². The Balaban J connectivity index is 1.60. The summed E-state index contributed by atoms with van der Waals surface area (Å²) in [5.74, 6) is 2.49. The van der Waals surface area contributed by atoms with E-state index in [2.05, 4.69) is 17.1 Å². The van der Waals surface area contributed by atoms with Gasteiger partial charge in [0.25, 0.3) is 0 Å². The Morgan fingerprint density at radius 1 is 1.08 bits per heavy atom. The first kappa shape index (κ1) is 9.85. The van der Waals surface area contributed by atoms with Gasteiger partial charge in [0, 0.05) is 11.8 Å². The molecule has 1 heterocycles. The number of hydrogen-bond acceptors (Lipinski definition) is 2. The van der Waals surface area contributed by atoms with E-state index in [9.17, 15) is 0 Å². The first-order valence-corrected chi connectivity index (χ1v) is 6.82. The van der Waals surface area contributed by atoms with Gasteiger partial charge in [-0.05, 0) is 37.5 Å². The van der Waals surface area contributed by atoms with Gasteiger partial charge in [0.1, 0.15) is 0 Å². The van der Waals surface area contributed by atoms with E-state index in [-0.39, 0.29) is 0 Å². The van der Waals surface area contributed by atoms with E-state index in [0.717, 1.165) is 11.2 Å². The van der Waals surface area contributed by atoms with Gasteiger partial charge in [-0.15, -0.1) is 0 Å². The summed E-state index contributed by atoms with van der Waals surface area (Å²) in [5.41, 5.74) is 0. The molecule has 0 bridgehead atoms. The molecule has 1 aliphatic carbocycles. The third-order valence-corrected chi connectivity index (χ3v) is 4.85. The molecule has 2 aliphatic rings. The maximum atomic E-state index is 3.44. The Bertz CT molecular complexity index is 137. The maximum Gasteiger partial charge on any atom is 0.0184 e. The SMILES string of the molecule is C1CCC(CSC2CCNC2)CC1. The summed E-state index contributed by atoms with van der Waals surface area (Å²) in [4.78, 5) is 0. The Labute approximate surface area is 86.0 Å². The first-order chi connectivity index (χ1) is 6.45. The van der Waals surface area contributed by atoms with Crippen molar-refractivity contribution in [2.45, 2.75) is 43.8 Å². The molecular weight excluding hydrogens is 178 g/mol. The van der Waals surface area contributed by atoms with Gasteiger partial charge in [-0.1, -0.05) is 19.3 Å². The lowest BCUT2D eigenvalue weighted by Crippen LogP contribution is -2.14. The fourth-order valence-corrected chi connectivity index (χ4v) is 3.79. The van der Waals surface area contributed by atoms with Crippen molar-refractivity contribution in [3.05, 3.63) is 0 Å². The molecule has 2 heteroatoms. The highest BCUT2D eigenvalue weighted by Crippen LogP contribution is 2.29. The van der Waals surface area contributed by atoms with Crippen LogP contribution in [-0.2, 0) is 0 Å². The van der Waals surface area contributed by atoms with Crippen molar-refractivity contribution in [2.24, 2.45) is 5.92 Å². The highest BCUT2D eigenvalue weighted by Gasteiger charge is 2.18. The topological polar surface area (TPSA) is 12.0 Å². The average molecular weight is 199 g/mol. The lowest BCUT2D eigenvalue weighted by molar-refractivity contribution is 0.390. The minimum Gasteiger partial charge on any atom is -0.316 e. The second-order valence-corrected chi connectivity index (χ2v) is 5.79. The van der Waals surface area contributed by atoms with Crippen molar-refractivity contribution in [2.75, 3.05) is 18.8 Å². The Morgan fingerprint density at radius 3 is 2.62 bits per heavy atom. The summed E-state index contributed by atoms with van der Waals surface area (Å²) in [6.07, 6.45) is 8.89. The van der Waals surface area contributed by atoms with Crippen molar-refractivity contribution in [1.29, 1.82) is 0 Å². The van der Waals surface area contributed by atoms with Gasteiger partial charge in [0.2, 0.25) is 0 Å². The summed E-state index contributed by atoms with van der Waals surface area (Å²) < 4.78 is 0. The first-order valence-electron chi connectivity index (χ1n) is 5.77. The predicted octanol–water partition coefficient (Wildman–Crippen LogP) is 2.66. The Kier molecular flexibility index (Phi) is 3.98. The minimum absolute atomic E-state index is 0.932. The molecule has 1 unspecified atom stereocenters. The summed E-state index contributed by atoms with van der Waals surface area (Å²) in [5, 5.41) is 4.37. The molecule has 1 saturated carbocycles. The number of hydrogen-bond donors (Lipinski definition) is 1. The van der Waals surface area contributed by atoms with E-state index in [0.29, 0.717) is 0 Å². The summed E-state index contributed by atoms with van der Waals surface area (Å²) in [6.45, 7) is 2.51. The Hall–Kier alpha value is 0.310. The van der Waals surface area contributed by atoms with Crippen molar-refractivity contribution < 1.29 is 0 Å². The molecule has 13 heavy (non-hydrogen) atoms. The monoisotopic (exact) mass is 199 g/mol. The zero-order chi connectivity index (χ0) is 8.93. The average Bonchev–Trinajstić information content (AvgIpc) is 2.69. The van der Waals surface area contributed by atoms with Crippen LogP contribution in [0.4, 0.5) is 0 Å². The largest absolute Gasteiger partial charge is 0.316 e. The van der Waals surface area contributed by atoms with Gasteiger partial charge < -0.3 is 5.32 Å². The van der Waals surface area contributed by atoms with Crippen LogP contribution in [-0.4, -0.2) is 24.1 Å². The molecule has 0 aromatic heterocycles. The van der Waals surface area contributed by atoms with E-state index < -0.39 is 0 Å². The third kappa shape index (κ3) is 3.17. The lowest BCUT2D eigenvalue weighted by Gasteiger charge is -2.22. The van der Waals surface area contributed by atoms with Gasteiger partial charge in [0.15, 0.2) is 0 Å². The number of nitrogens with one attached hydrogen (secondary N) is 1. The maximum absolute atomic E-state index is 3.44. The van der Waals surface area contributed by atoms with Crippen molar-refractivity contribution in [1.82, 2.24) is 5.32 Å². The predicted molar refractivity (Wildman–Crippen MR) is 60.3 cm³/mol. The van der Waals surface area contributed by atoms with Crippen LogP contribution < -0.4 is 5.32 Å². The van der Waals surface area contributed by atoms with E-state index in [1.165, 1.54) is 57.4 Å². The van der Waals surface area contributed by atoms with Crippen LogP contribution in [0.2, 0.25) is 0 Å². The van der Waals surface area contributed by atoms with Crippen LogP contribution in [0, 0.1) is 5.92 Å². The van der Waals surface area contributed by atoms with E-state index in [1.54, 1.807) is 0 Å². The number of thioether (sulfide) groups is 1. The molecule has 0 amide bonds. The van der Waals surface area contributed by atoms with Crippen LogP contribution in [0.1, 0.15) is 38.5 Å². The second-order valence-electron chi connectivity index (χ2n) is 4.45.